The highest BCUT2D eigenvalue weighted by molar-refractivity contribution is 5.22. The maximum atomic E-state index is 12.2. The number of hydrogen-bond donors (Lipinski definition) is 9. The Morgan fingerprint density at radius 3 is 2.17 bits per heavy atom. The molecule has 2 heterocycles. The van der Waals surface area contributed by atoms with E-state index in [1.54, 1.807) is 0 Å². The highest BCUT2D eigenvalue weighted by atomic mass is 16.8. The van der Waals surface area contributed by atoms with Gasteiger partial charge in [-0.15, -0.1) is 0 Å². The second-order valence-corrected chi connectivity index (χ2v) is 19.8. The molecule has 0 radical (unpaired) electrons. The predicted molar refractivity (Wildman–Crippen MR) is 196 cm³/mol. The molecule has 20 atom stereocenters. The average Bonchev–Trinajstić information content (AvgIpc) is 3.48. The van der Waals surface area contributed by atoms with E-state index in [4.69, 9.17) is 18.9 Å². The molecule has 13 heteroatoms. The Morgan fingerprint density at radius 1 is 0.833 bits per heavy atom. The van der Waals surface area contributed by atoms with E-state index in [9.17, 15) is 46.0 Å². The van der Waals surface area contributed by atoms with Crippen LogP contribution in [-0.4, -0.2) is 138 Å². The number of aliphatic hydroxyl groups is 9. The van der Waals surface area contributed by atoms with E-state index in [0.29, 0.717) is 32.1 Å². The molecular weight excluding hydrogens is 700 g/mol. The Hall–Kier alpha value is -0.780. The van der Waals surface area contributed by atoms with Crippen LogP contribution >= 0.6 is 0 Å². The van der Waals surface area contributed by atoms with Crippen molar-refractivity contribution >= 4 is 0 Å². The molecule has 0 bridgehead atoms. The van der Waals surface area contributed by atoms with E-state index in [2.05, 4.69) is 40.7 Å². The number of ether oxygens (including phenoxy) is 4. The van der Waals surface area contributed by atoms with Gasteiger partial charge in [0, 0.05) is 0 Å². The summed E-state index contributed by atoms with van der Waals surface area (Å²) in [5, 5.41) is 99.6. The largest absolute Gasteiger partial charge is 0.394 e. The van der Waals surface area contributed by atoms with E-state index >= 15 is 0 Å². The van der Waals surface area contributed by atoms with Gasteiger partial charge in [-0.05, 0) is 117 Å². The summed E-state index contributed by atoms with van der Waals surface area (Å²) >= 11 is 0. The molecule has 4 saturated carbocycles. The van der Waals surface area contributed by atoms with Crippen molar-refractivity contribution in [1.29, 1.82) is 0 Å². The van der Waals surface area contributed by atoms with Crippen LogP contribution in [0, 0.1) is 45.3 Å². The second-order valence-electron chi connectivity index (χ2n) is 19.8. The number of allylic oxidation sites excluding steroid dienone is 2. The van der Waals surface area contributed by atoms with Gasteiger partial charge in [-0.25, -0.2) is 0 Å². The fraction of sp³-hybridized carbons (Fsp3) is 0.951. The van der Waals surface area contributed by atoms with Crippen LogP contribution in [-0.2, 0) is 18.9 Å². The molecule has 6 aliphatic rings. The first kappa shape index (κ1) is 42.8. The second kappa shape index (κ2) is 15.1. The van der Waals surface area contributed by atoms with Crippen LogP contribution in [0.5, 0.6) is 0 Å². The fourth-order valence-electron chi connectivity index (χ4n) is 13.1. The molecule has 312 valence electrons. The summed E-state index contributed by atoms with van der Waals surface area (Å²) in [7, 11) is 0. The lowest BCUT2D eigenvalue weighted by Gasteiger charge is -2.72. The summed E-state index contributed by atoms with van der Waals surface area (Å²) in [6.07, 6.45) is -7.90. The molecule has 0 amide bonds. The first-order valence-electron chi connectivity index (χ1n) is 20.4. The molecule has 2 saturated heterocycles. The molecule has 0 spiro atoms. The van der Waals surface area contributed by atoms with Gasteiger partial charge in [-0.2, -0.15) is 0 Å². The van der Waals surface area contributed by atoms with Gasteiger partial charge < -0.3 is 64.9 Å². The van der Waals surface area contributed by atoms with Crippen molar-refractivity contribution in [2.45, 2.75) is 186 Å². The maximum absolute atomic E-state index is 12.2. The molecule has 2 unspecified atom stereocenters. The summed E-state index contributed by atoms with van der Waals surface area (Å²) in [5.41, 5.74) is -1.69. The predicted octanol–water partition coefficient (Wildman–Crippen LogP) is 1.76. The van der Waals surface area contributed by atoms with Crippen LogP contribution in [0.2, 0.25) is 0 Å². The van der Waals surface area contributed by atoms with Crippen molar-refractivity contribution in [3.63, 3.8) is 0 Å². The smallest absolute Gasteiger partial charge is 0.187 e. The quantitative estimate of drug-likeness (QED) is 0.121. The lowest BCUT2D eigenvalue weighted by molar-refractivity contribution is -0.377. The maximum Gasteiger partial charge on any atom is 0.187 e. The Morgan fingerprint density at radius 2 is 1.52 bits per heavy atom. The zero-order chi connectivity index (χ0) is 39.9. The molecule has 54 heavy (non-hydrogen) atoms. The first-order valence-corrected chi connectivity index (χ1v) is 20.4. The summed E-state index contributed by atoms with van der Waals surface area (Å²) in [4.78, 5) is 0. The summed E-state index contributed by atoms with van der Waals surface area (Å²) in [6, 6.07) is 0. The minimum atomic E-state index is -1.68. The number of fused-ring (bicyclic) bond motifs is 5. The van der Waals surface area contributed by atoms with Gasteiger partial charge in [0.05, 0.1) is 37.1 Å². The number of rotatable bonds is 9. The molecule has 0 aromatic rings. The van der Waals surface area contributed by atoms with Crippen LogP contribution in [0.3, 0.4) is 0 Å². The van der Waals surface area contributed by atoms with Gasteiger partial charge in [0.1, 0.15) is 42.7 Å². The Bertz CT molecular complexity index is 1350. The van der Waals surface area contributed by atoms with Crippen LogP contribution in [0.4, 0.5) is 0 Å². The van der Waals surface area contributed by atoms with Crippen LogP contribution in [0.25, 0.3) is 0 Å². The lowest BCUT2D eigenvalue weighted by atomic mass is 9.34. The monoisotopic (exact) mass is 770 g/mol. The molecular formula is C41H70O13. The van der Waals surface area contributed by atoms with Crippen molar-refractivity contribution in [2.24, 2.45) is 45.3 Å². The summed E-state index contributed by atoms with van der Waals surface area (Å²) < 4.78 is 24.8. The molecule has 0 aromatic carbocycles. The third-order valence-corrected chi connectivity index (χ3v) is 16.1. The van der Waals surface area contributed by atoms with E-state index in [-0.39, 0.29) is 30.3 Å². The molecule has 6 fully saturated rings. The van der Waals surface area contributed by atoms with Gasteiger partial charge in [-0.1, -0.05) is 46.3 Å². The van der Waals surface area contributed by atoms with Crippen molar-refractivity contribution < 1.29 is 64.9 Å². The van der Waals surface area contributed by atoms with Crippen LogP contribution in [0.15, 0.2) is 11.6 Å². The van der Waals surface area contributed by atoms with E-state index < -0.39 is 107 Å². The zero-order valence-corrected chi connectivity index (χ0v) is 33.5. The standard InChI is InChI=1S/C41H70O13/c1-20(2)10-9-13-41(8,50)21-11-15-39(6)28(21)22(43)16-26-38(5)14-12-27(45)37(3,4)34(38)24(17-40(26,39)7)52-36-33(31(48)30(47)25(18-42)53-36)54-35-32(49)29(46)23(44)19-51-35/h10,21-36,42-50H,9,11-19H2,1-8H3/t21-,22+,23+,24-,25+,26?,27-,28-,29-,30+,31-,32+,33+,34?,35-,36+,38+,39+,40+,41-/m0/s1. The third kappa shape index (κ3) is 6.86. The van der Waals surface area contributed by atoms with E-state index in [1.165, 1.54) is 5.57 Å². The number of hydrogen-bond acceptors (Lipinski definition) is 13. The van der Waals surface area contributed by atoms with E-state index in [0.717, 1.165) is 19.3 Å². The minimum Gasteiger partial charge on any atom is -0.394 e. The minimum absolute atomic E-state index is 0.0443. The molecule has 9 N–H and O–H groups in total. The van der Waals surface area contributed by atoms with Crippen molar-refractivity contribution in [3.8, 4) is 0 Å². The van der Waals surface area contributed by atoms with Crippen molar-refractivity contribution in [3.05, 3.63) is 11.6 Å². The van der Waals surface area contributed by atoms with Crippen LogP contribution in [0.1, 0.15) is 107 Å². The molecule has 0 aromatic heterocycles. The van der Waals surface area contributed by atoms with E-state index in [1.807, 2.05) is 20.8 Å². The summed E-state index contributed by atoms with van der Waals surface area (Å²) in [5.74, 6) is -0.513. The lowest BCUT2D eigenvalue weighted by Crippen LogP contribution is -2.71. The van der Waals surface area contributed by atoms with Gasteiger partial charge in [-0.3, -0.25) is 0 Å². The van der Waals surface area contributed by atoms with Gasteiger partial charge in [0.15, 0.2) is 12.6 Å². The first-order chi connectivity index (χ1) is 25.0. The van der Waals surface area contributed by atoms with Crippen molar-refractivity contribution in [1.82, 2.24) is 0 Å². The van der Waals surface area contributed by atoms with Crippen molar-refractivity contribution in [2.75, 3.05) is 13.2 Å². The van der Waals surface area contributed by atoms with Gasteiger partial charge in [0.25, 0.3) is 0 Å². The third-order valence-electron chi connectivity index (χ3n) is 16.1. The molecule has 2 aliphatic heterocycles. The highest BCUT2D eigenvalue weighted by Crippen LogP contribution is 2.76. The Kier molecular flexibility index (Phi) is 12.0. The van der Waals surface area contributed by atoms with Gasteiger partial charge >= 0.3 is 0 Å². The molecule has 4 aliphatic carbocycles. The number of aliphatic hydroxyl groups excluding tert-OH is 8. The fourth-order valence-corrected chi connectivity index (χ4v) is 13.1. The SMILES string of the molecule is CC(C)=CCC[C@](C)(O)[C@H]1CC[C@]2(C)[C@@H]1[C@H](O)CC1[C@@]3(C)CC[C@H](O)C(C)(C)C3[C@@H](O[C@@H]3O[C@H](CO)[C@@H](O)[C@H](O)[C@H]3O[C@@H]3OC[C@@H](O)[C@H](O)[C@H]3O)C[C@]12C. The normalized spacial score (nSPS) is 52.8. The van der Waals surface area contributed by atoms with Gasteiger partial charge in [0.2, 0.25) is 0 Å². The molecule has 6 rings (SSSR count). The Balaban J connectivity index is 1.38. The zero-order valence-electron chi connectivity index (χ0n) is 33.5. The highest BCUT2D eigenvalue weighted by Gasteiger charge is 2.73. The average molecular weight is 771 g/mol. The topological polar surface area (TPSA) is 219 Å². The summed E-state index contributed by atoms with van der Waals surface area (Å²) in [6.45, 7) is 16.0. The Labute approximate surface area is 320 Å². The molecule has 13 nitrogen and oxygen atoms in total. The van der Waals surface area contributed by atoms with Crippen LogP contribution < -0.4 is 0 Å².